The van der Waals surface area contributed by atoms with Gasteiger partial charge in [-0.1, -0.05) is 50.5 Å². The van der Waals surface area contributed by atoms with Crippen LogP contribution in [-0.2, 0) is 16.0 Å². The molecule has 1 aliphatic carbocycles. The van der Waals surface area contributed by atoms with Gasteiger partial charge >= 0.3 is 0 Å². The van der Waals surface area contributed by atoms with Crippen LogP contribution in [0.1, 0.15) is 61.8 Å². The maximum atomic E-state index is 13.1. The molecular weight excluding hydrogens is 364 g/mol. The molecule has 2 fully saturated rings. The van der Waals surface area contributed by atoms with E-state index in [1.807, 2.05) is 36.4 Å². The first-order valence-electron chi connectivity index (χ1n) is 10.4. The third-order valence-electron chi connectivity index (χ3n) is 6.11. The van der Waals surface area contributed by atoms with Crippen molar-refractivity contribution >= 4 is 17.4 Å². The Morgan fingerprint density at radius 2 is 1.69 bits per heavy atom. The minimum Gasteiger partial charge on any atom is -0.507 e. The molecule has 1 unspecified atom stereocenters. The molecule has 1 amide bonds. The first-order chi connectivity index (χ1) is 14.1. The third kappa shape index (κ3) is 3.57. The molecule has 1 saturated carbocycles. The number of hydrogen-bond donors (Lipinski definition) is 1. The Balaban J connectivity index is 1.83. The second-order valence-electron chi connectivity index (χ2n) is 7.83. The second kappa shape index (κ2) is 8.19. The average Bonchev–Trinajstić information content (AvgIpc) is 3.05. The highest BCUT2D eigenvalue weighted by molar-refractivity contribution is 6.46. The van der Waals surface area contributed by atoms with Crippen molar-refractivity contribution < 1.29 is 14.7 Å². The van der Waals surface area contributed by atoms with Gasteiger partial charge in [-0.15, -0.1) is 0 Å². The van der Waals surface area contributed by atoms with Crippen LogP contribution in [0.15, 0.2) is 54.4 Å². The minimum absolute atomic E-state index is 0.0196. The van der Waals surface area contributed by atoms with Crippen LogP contribution < -0.4 is 0 Å². The number of hydrogen-bond acceptors (Lipinski definition) is 4. The van der Waals surface area contributed by atoms with Gasteiger partial charge in [0.05, 0.1) is 11.6 Å². The number of carbonyl (C=O) groups is 2. The molecule has 2 aliphatic rings. The summed E-state index contributed by atoms with van der Waals surface area (Å²) in [7, 11) is 0. The number of benzene rings is 1. The molecule has 1 aliphatic heterocycles. The predicted octanol–water partition coefficient (Wildman–Crippen LogP) is 4.40. The van der Waals surface area contributed by atoms with E-state index in [0.717, 1.165) is 49.7 Å². The van der Waals surface area contributed by atoms with Crippen LogP contribution in [0.5, 0.6) is 0 Å². The normalized spacial score (nSPS) is 22.2. The van der Waals surface area contributed by atoms with Crippen LogP contribution in [0, 0.1) is 0 Å². The number of Topliss-reactive ketones (excluding diaryl/α,β-unsaturated/α-hetero) is 1. The molecule has 0 spiro atoms. The molecule has 5 nitrogen and oxygen atoms in total. The lowest BCUT2D eigenvalue weighted by Gasteiger charge is -2.35. The van der Waals surface area contributed by atoms with Crippen LogP contribution in [-0.4, -0.2) is 32.7 Å². The van der Waals surface area contributed by atoms with Crippen molar-refractivity contribution in [3.63, 3.8) is 0 Å². The summed E-state index contributed by atoms with van der Waals surface area (Å²) in [5, 5.41) is 11.1. The zero-order valence-corrected chi connectivity index (χ0v) is 16.7. The van der Waals surface area contributed by atoms with Gasteiger partial charge in [-0.05, 0) is 42.5 Å². The Morgan fingerprint density at radius 1 is 1.03 bits per heavy atom. The zero-order chi connectivity index (χ0) is 20.4. The molecule has 5 heteroatoms. The van der Waals surface area contributed by atoms with Gasteiger partial charge in [0.1, 0.15) is 5.76 Å². The summed E-state index contributed by atoms with van der Waals surface area (Å²) in [6.45, 7) is 2.06. The molecule has 4 rings (SSSR count). The maximum absolute atomic E-state index is 13.1. The Kier molecular flexibility index (Phi) is 5.47. The van der Waals surface area contributed by atoms with E-state index in [9.17, 15) is 14.7 Å². The Hall–Kier alpha value is -2.95. The summed E-state index contributed by atoms with van der Waals surface area (Å²) >= 11 is 0. The van der Waals surface area contributed by atoms with Crippen molar-refractivity contribution in [3.8, 4) is 0 Å². The standard InChI is InChI=1S/C24H26N2O3/c1-2-16-8-10-18(11-9-16)22(27)20-21(17-12-14-25-15-13-17)26(24(29)23(20)28)19-6-4-3-5-7-19/h8-15,19,21,27H,2-7H2,1H3/b22-20-. The number of aliphatic hydroxyl groups is 1. The van der Waals surface area contributed by atoms with E-state index in [-0.39, 0.29) is 17.4 Å². The molecule has 150 valence electrons. The van der Waals surface area contributed by atoms with Crippen LogP contribution in [0.2, 0.25) is 0 Å². The van der Waals surface area contributed by atoms with Crippen molar-refractivity contribution in [1.82, 2.24) is 9.88 Å². The van der Waals surface area contributed by atoms with Crippen molar-refractivity contribution in [2.24, 2.45) is 0 Å². The van der Waals surface area contributed by atoms with Crippen LogP contribution in [0.4, 0.5) is 0 Å². The van der Waals surface area contributed by atoms with Crippen molar-refractivity contribution in [1.29, 1.82) is 0 Å². The maximum Gasteiger partial charge on any atom is 0.295 e. The lowest BCUT2D eigenvalue weighted by Crippen LogP contribution is -2.40. The van der Waals surface area contributed by atoms with Gasteiger partial charge < -0.3 is 10.0 Å². The highest BCUT2D eigenvalue weighted by Crippen LogP contribution is 2.42. The molecule has 1 saturated heterocycles. The average molecular weight is 390 g/mol. The van der Waals surface area contributed by atoms with Crippen LogP contribution in [0.3, 0.4) is 0 Å². The molecule has 2 aromatic rings. The van der Waals surface area contributed by atoms with Gasteiger partial charge in [0.2, 0.25) is 0 Å². The second-order valence-corrected chi connectivity index (χ2v) is 7.83. The van der Waals surface area contributed by atoms with Gasteiger partial charge in [0, 0.05) is 24.0 Å². The van der Waals surface area contributed by atoms with E-state index in [1.54, 1.807) is 17.3 Å². The summed E-state index contributed by atoms with van der Waals surface area (Å²) in [5.74, 6) is -1.22. The van der Waals surface area contributed by atoms with Gasteiger partial charge in [0.15, 0.2) is 0 Å². The predicted molar refractivity (Wildman–Crippen MR) is 111 cm³/mol. The molecule has 1 atom stereocenters. The third-order valence-corrected chi connectivity index (χ3v) is 6.11. The lowest BCUT2D eigenvalue weighted by molar-refractivity contribution is -0.141. The van der Waals surface area contributed by atoms with Gasteiger partial charge in [0.25, 0.3) is 11.7 Å². The van der Waals surface area contributed by atoms with E-state index in [0.29, 0.717) is 5.56 Å². The number of amides is 1. The summed E-state index contributed by atoms with van der Waals surface area (Å²) in [6, 6.07) is 10.6. The van der Waals surface area contributed by atoms with E-state index < -0.39 is 17.7 Å². The highest BCUT2D eigenvalue weighted by atomic mass is 16.3. The Labute approximate surface area is 171 Å². The lowest BCUT2D eigenvalue weighted by atomic mass is 9.91. The molecule has 1 aromatic heterocycles. The number of aryl methyl sites for hydroxylation is 1. The molecule has 0 bridgehead atoms. The van der Waals surface area contributed by atoms with Gasteiger partial charge in [-0.25, -0.2) is 0 Å². The monoisotopic (exact) mass is 390 g/mol. The van der Waals surface area contributed by atoms with E-state index in [2.05, 4.69) is 11.9 Å². The topological polar surface area (TPSA) is 70.5 Å². The summed E-state index contributed by atoms with van der Waals surface area (Å²) in [5.41, 5.74) is 2.69. The SMILES string of the molecule is CCc1ccc(/C(O)=C2/C(=O)C(=O)N(C3CCCCC3)C2c2ccncc2)cc1. The fourth-order valence-electron chi connectivity index (χ4n) is 4.51. The molecule has 2 heterocycles. The Bertz CT molecular complexity index is 928. The number of rotatable bonds is 4. The highest BCUT2D eigenvalue weighted by Gasteiger charge is 2.48. The first kappa shape index (κ1) is 19.4. The number of aromatic nitrogens is 1. The molecular formula is C24H26N2O3. The summed E-state index contributed by atoms with van der Waals surface area (Å²) < 4.78 is 0. The fraction of sp³-hybridized carbons (Fsp3) is 0.375. The first-order valence-corrected chi connectivity index (χ1v) is 10.4. The van der Waals surface area contributed by atoms with Crippen molar-refractivity contribution in [2.45, 2.75) is 57.5 Å². The Morgan fingerprint density at radius 3 is 2.31 bits per heavy atom. The van der Waals surface area contributed by atoms with E-state index in [1.165, 1.54) is 0 Å². The smallest absolute Gasteiger partial charge is 0.295 e. The number of aliphatic hydroxyl groups excluding tert-OH is 1. The largest absolute Gasteiger partial charge is 0.507 e. The molecule has 1 N–H and O–H groups in total. The minimum atomic E-state index is -0.602. The van der Waals surface area contributed by atoms with E-state index >= 15 is 0 Å². The van der Waals surface area contributed by atoms with Crippen molar-refractivity contribution in [2.75, 3.05) is 0 Å². The van der Waals surface area contributed by atoms with Crippen LogP contribution >= 0.6 is 0 Å². The van der Waals surface area contributed by atoms with Gasteiger partial charge in [-0.3, -0.25) is 14.6 Å². The fourth-order valence-corrected chi connectivity index (χ4v) is 4.51. The number of pyridine rings is 1. The quantitative estimate of drug-likeness (QED) is 0.477. The van der Waals surface area contributed by atoms with Gasteiger partial charge in [-0.2, -0.15) is 0 Å². The van der Waals surface area contributed by atoms with Crippen molar-refractivity contribution in [3.05, 3.63) is 71.1 Å². The zero-order valence-electron chi connectivity index (χ0n) is 16.7. The molecule has 29 heavy (non-hydrogen) atoms. The number of likely N-dealkylation sites (tertiary alicyclic amines) is 1. The van der Waals surface area contributed by atoms with E-state index in [4.69, 9.17) is 0 Å². The molecule has 0 radical (unpaired) electrons. The number of carbonyl (C=O) groups excluding carboxylic acids is 2. The van der Waals surface area contributed by atoms with Crippen LogP contribution in [0.25, 0.3) is 5.76 Å². The summed E-state index contributed by atoms with van der Waals surface area (Å²) in [6.07, 6.45) is 9.25. The number of nitrogens with zero attached hydrogens (tertiary/aromatic N) is 2. The molecule has 1 aromatic carbocycles. The summed E-state index contributed by atoms with van der Waals surface area (Å²) in [4.78, 5) is 31.9. The number of ketones is 1.